The SMILES string of the molecule is CCOc1ccccc1NCC(=O)NCCc1cccc(OC)c1. The highest BCUT2D eigenvalue weighted by molar-refractivity contribution is 5.81. The molecule has 128 valence electrons. The predicted octanol–water partition coefficient (Wildman–Crippen LogP) is 2.86. The van der Waals surface area contributed by atoms with E-state index in [4.69, 9.17) is 9.47 Å². The average Bonchev–Trinajstić information content (AvgIpc) is 2.61. The molecule has 2 rings (SSSR count). The molecular weight excluding hydrogens is 304 g/mol. The van der Waals surface area contributed by atoms with Crippen LogP contribution in [0.25, 0.3) is 0 Å². The number of rotatable bonds is 9. The van der Waals surface area contributed by atoms with Crippen LogP contribution in [0.15, 0.2) is 48.5 Å². The second-order valence-corrected chi connectivity index (χ2v) is 5.23. The predicted molar refractivity (Wildman–Crippen MR) is 95.8 cm³/mol. The van der Waals surface area contributed by atoms with Crippen molar-refractivity contribution in [1.82, 2.24) is 5.32 Å². The van der Waals surface area contributed by atoms with Crippen LogP contribution in [-0.2, 0) is 11.2 Å². The zero-order chi connectivity index (χ0) is 17.2. The van der Waals surface area contributed by atoms with Crippen LogP contribution in [0.2, 0.25) is 0 Å². The first kappa shape index (κ1) is 17.7. The molecule has 0 bridgehead atoms. The first-order chi connectivity index (χ1) is 11.7. The smallest absolute Gasteiger partial charge is 0.239 e. The third-order valence-corrected chi connectivity index (χ3v) is 3.50. The average molecular weight is 328 g/mol. The van der Waals surface area contributed by atoms with Crippen molar-refractivity contribution >= 4 is 11.6 Å². The summed E-state index contributed by atoms with van der Waals surface area (Å²) >= 11 is 0. The maximum Gasteiger partial charge on any atom is 0.239 e. The van der Waals surface area contributed by atoms with Gasteiger partial charge in [0.05, 0.1) is 25.9 Å². The summed E-state index contributed by atoms with van der Waals surface area (Å²) in [5, 5.41) is 6.01. The van der Waals surface area contributed by atoms with Crippen molar-refractivity contribution in [2.75, 3.05) is 32.1 Å². The molecule has 0 aliphatic heterocycles. The molecule has 2 aromatic carbocycles. The molecule has 0 fully saturated rings. The van der Waals surface area contributed by atoms with Crippen molar-refractivity contribution in [3.8, 4) is 11.5 Å². The Morgan fingerprint density at radius 3 is 2.75 bits per heavy atom. The standard InChI is InChI=1S/C19H24N2O3/c1-3-24-18-10-5-4-9-17(18)21-14-19(22)20-12-11-15-7-6-8-16(13-15)23-2/h4-10,13,21H,3,11-12,14H2,1-2H3,(H,20,22). The van der Waals surface area contributed by atoms with Crippen LogP contribution in [0.5, 0.6) is 11.5 Å². The molecule has 0 saturated heterocycles. The molecule has 24 heavy (non-hydrogen) atoms. The topological polar surface area (TPSA) is 59.6 Å². The summed E-state index contributed by atoms with van der Waals surface area (Å²) in [5.41, 5.74) is 1.95. The molecule has 0 aliphatic carbocycles. The van der Waals surface area contributed by atoms with Crippen LogP contribution < -0.4 is 20.1 Å². The van der Waals surface area contributed by atoms with E-state index >= 15 is 0 Å². The quantitative estimate of drug-likeness (QED) is 0.743. The number of anilines is 1. The number of ether oxygens (including phenoxy) is 2. The fraction of sp³-hybridized carbons (Fsp3) is 0.316. The minimum absolute atomic E-state index is 0.0517. The van der Waals surface area contributed by atoms with E-state index in [9.17, 15) is 4.79 Å². The van der Waals surface area contributed by atoms with Crippen molar-refractivity contribution in [2.45, 2.75) is 13.3 Å². The van der Waals surface area contributed by atoms with Gasteiger partial charge in [-0.15, -0.1) is 0 Å². The monoisotopic (exact) mass is 328 g/mol. The Morgan fingerprint density at radius 1 is 1.12 bits per heavy atom. The third-order valence-electron chi connectivity index (χ3n) is 3.50. The van der Waals surface area contributed by atoms with Crippen molar-refractivity contribution < 1.29 is 14.3 Å². The van der Waals surface area contributed by atoms with Gasteiger partial charge in [0.25, 0.3) is 0 Å². The summed E-state index contributed by atoms with van der Waals surface area (Å²) < 4.78 is 10.7. The molecule has 0 atom stereocenters. The highest BCUT2D eigenvalue weighted by Gasteiger charge is 2.05. The lowest BCUT2D eigenvalue weighted by Gasteiger charge is -2.12. The Bertz CT molecular complexity index is 659. The molecule has 1 amide bonds. The van der Waals surface area contributed by atoms with Crippen molar-refractivity contribution in [3.05, 3.63) is 54.1 Å². The van der Waals surface area contributed by atoms with E-state index in [0.717, 1.165) is 29.2 Å². The van der Waals surface area contributed by atoms with Crippen molar-refractivity contribution in [1.29, 1.82) is 0 Å². The van der Waals surface area contributed by atoms with E-state index < -0.39 is 0 Å². The maximum atomic E-state index is 12.0. The molecule has 2 aromatic rings. The fourth-order valence-electron chi connectivity index (χ4n) is 2.31. The van der Waals surface area contributed by atoms with Gasteiger partial charge < -0.3 is 20.1 Å². The Kier molecular flexibility index (Phi) is 6.95. The van der Waals surface area contributed by atoms with Gasteiger partial charge in [0, 0.05) is 6.54 Å². The lowest BCUT2D eigenvalue weighted by molar-refractivity contribution is -0.119. The lowest BCUT2D eigenvalue weighted by atomic mass is 10.1. The lowest BCUT2D eigenvalue weighted by Crippen LogP contribution is -2.31. The van der Waals surface area contributed by atoms with Crippen LogP contribution in [0, 0.1) is 0 Å². The molecule has 5 nitrogen and oxygen atoms in total. The van der Waals surface area contributed by atoms with Gasteiger partial charge in [-0.05, 0) is 43.2 Å². The molecule has 0 heterocycles. The second kappa shape index (κ2) is 9.45. The van der Waals surface area contributed by atoms with Gasteiger partial charge in [-0.1, -0.05) is 24.3 Å². The number of para-hydroxylation sites is 2. The highest BCUT2D eigenvalue weighted by Crippen LogP contribution is 2.23. The molecule has 0 aliphatic rings. The van der Waals surface area contributed by atoms with Crippen LogP contribution in [0.1, 0.15) is 12.5 Å². The second-order valence-electron chi connectivity index (χ2n) is 5.23. The zero-order valence-electron chi connectivity index (χ0n) is 14.2. The number of hydrogen-bond acceptors (Lipinski definition) is 4. The van der Waals surface area contributed by atoms with Gasteiger partial charge in [-0.3, -0.25) is 4.79 Å². The summed E-state index contributed by atoms with van der Waals surface area (Å²) in [6.07, 6.45) is 0.762. The summed E-state index contributed by atoms with van der Waals surface area (Å²) in [4.78, 5) is 12.0. The number of amides is 1. The molecule has 0 spiro atoms. The Labute approximate surface area is 143 Å². The number of benzene rings is 2. The Balaban J connectivity index is 1.75. The number of methoxy groups -OCH3 is 1. The van der Waals surface area contributed by atoms with Gasteiger partial charge in [-0.2, -0.15) is 0 Å². The fourth-order valence-corrected chi connectivity index (χ4v) is 2.31. The number of nitrogens with one attached hydrogen (secondary N) is 2. The Hall–Kier alpha value is -2.69. The van der Waals surface area contributed by atoms with E-state index in [2.05, 4.69) is 10.6 Å². The molecular formula is C19H24N2O3. The summed E-state index contributed by atoms with van der Waals surface area (Å²) in [5.74, 6) is 1.53. The maximum absolute atomic E-state index is 12.0. The highest BCUT2D eigenvalue weighted by atomic mass is 16.5. The van der Waals surface area contributed by atoms with Gasteiger partial charge in [0.2, 0.25) is 5.91 Å². The van der Waals surface area contributed by atoms with Crippen LogP contribution >= 0.6 is 0 Å². The van der Waals surface area contributed by atoms with Gasteiger partial charge >= 0.3 is 0 Å². The molecule has 0 saturated carbocycles. The number of carbonyl (C=O) groups is 1. The minimum atomic E-state index is -0.0517. The minimum Gasteiger partial charge on any atom is -0.497 e. The number of hydrogen-bond donors (Lipinski definition) is 2. The summed E-state index contributed by atoms with van der Waals surface area (Å²) in [6, 6.07) is 15.4. The van der Waals surface area contributed by atoms with E-state index in [1.54, 1.807) is 7.11 Å². The van der Waals surface area contributed by atoms with Gasteiger partial charge in [0.1, 0.15) is 11.5 Å². The van der Waals surface area contributed by atoms with E-state index in [1.807, 2.05) is 55.5 Å². The Morgan fingerprint density at radius 2 is 1.96 bits per heavy atom. The van der Waals surface area contributed by atoms with E-state index in [0.29, 0.717) is 13.2 Å². The summed E-state index contributed by atoms with van der Waals surface area (Å²) in [6.45, 7) is 3.32. The van der Waals surface area contributed by atoms with Gasteiger partial charge in [-0.25, -0.2) is 0 Å². The first-order valence-electron chi connectivity index (χ1n) is 8.08. The zero-order valence-corrected chi connectivity index (χ0v) is 14.2. The van der Waals surface area contributed by atoms with Gasteiger partial charge in [0.15, 0.2) is 0 Å². The first-order valence-corrected chi connectivity index (χ1v) is 8.08. The molecule has 2 N–H and O–H groups in total. The van der Waals surface area contributed by atoms with Crippen LogP contribution in [0.3, 0.4) is 0 Å². The van der Waals surface area contributed by atoms with E-state index in [-0.39, 0.29) is 12.5 Å². The molecule has 5 heteroatoms. The summed E-state index contributed by atoms with van der Waals surface area (Å²) in [7, 11) is 1.65. The van der Waals surface area contributed by atoms with Crippen molar-refractivity contribution in [2.24, 2.45) is 0 Å². The van der Waals surface area contributed by atoms with Crippen LogP contribution in [-0.4, -0.2) is 32.7 Å². The molecule has 0 unspecified atom stereocenters. The van der Waals surface area contributed by atoms with Crippen molar-refractivity contribution in [3.63, 3.8) is 0 Å². The normalized spacial score (nSPS) is 10.1. The third kappa shape index (κ3) is 5.50. The largest absolute Gasteiger partial charge is 0.497 e. The molecule has 0 aromatic heterocycles. The van der Waals surface area contributed by atoms with Crippen LogP contribution in [0.4, 0.5) is 5.69 Å². The van der Waals surface area contributed by atoms with E-state index in [1.165, 1.54) is 0 Å². The number of carbonyl (C=O) groups excluding carboxylic acids is 1. The molecule has 0 radical (unpaired) electrons.